The minimum absolute atomic E-state index is 0.0617. The van der Waals surface area contributed by atoms with Gasteiger partial charge in [-0.05, 0) is 42.7 Å². The van der Waals surface area contributed by atoms with Crippen LogP contribution in [0.25, 0.3) is 22.0 Å². The summed E-state index contributed by atoms with van der Waals surface area (Å²) in [6.07, 6.45) is 0. The first-order valence-electron chi connectivity index (χ1n) is 7.89. The summed E-state index contributed by atoms with van der Waals surface area (Å²) in [5.41, 5.74) is 3.55. The number of hydrogen-bond acceptors (Lipinski definition) is 1. The van der Waals surface area contributed by atoms with Crippen LogP contribution in [0.2, 0.25) is 0 Å². The summed E-state index contributed by atoms with van der Waals surface area (Å²) in [5, 5.41) is 3.40. The number of halogens is 3. The van der Waals surface area contributed by atoms with E-state index in [1.54, 1.807) is 24.3 Å². The number of hydrogen-bond donors (Lipinski definition) is 2. The molecular formula is C19H17F3N2. The zero-order valence-electron chi connectivity index (χ0n) is 13.4. The van der Waals surface area contributed by atoms with Gasteiger partial charge in [0.2, 0.25) is 0 Å². The van der Waals surface area contributed by atoms with Crippen LogP contribution in [0.15, 0.2) is 30.3 Å². The SMILES string of the molecule is Cc1[nH]c2ccc(F)c(-c3cccc4c3C(F)(F)CNC4)c2c1C. The topological polar surface area (TPSA) is 27.8 Å². The lowest BCUT2D eigenvalue weighted by atomic mass is 9.87. The van der Waals surface area contributed by atoms with Crippen molar-refractivity contribution in [1.82, 2.24) is 10.3 Å². The molecule has 124 valence electrons. The molecule has 1 aliphatic heterocycles. The lowest BCUT2D eigenvalue weighted by Crippen LogP contribution is -2.37. The number of aromatic amines is 1. The van der Waals surface area contributed by atoms with Crippen molar-refractivity contribution in [2.24, 2.45) is 0 Å². The maximum absolute atomic E-state index is 14.7. The molecule has 0 spiro atoms. The van der Waals surface area contributed by atoms with E-state index < -0.39 is 18.3 Å². The van der Waals surface area contributed by atoms with Crippen LogP contribution in [0.1, 0.15) is 22.4 Å². The van der Waals surface area contributed by atoms with Gasteiger partial charge in [-0.25, -0.2) is 4.39 Å². The van der Waals surface area contributed by atoms with Crippen molar-refractivity contribution < 1.29 is 13.2 Å². The van der Waals surface area contributed by atoms with E-state index in [0.717, 1.165) is 16.8 Å². The average Bonchev–Trinajstić information content (AvgIpc) is 2.82. The van der Waals surface area contributed by atoms with Crippen LogP contribution < -0.4 is 5.32 Å². The first-order chi connectivity index (χ1) is 11.4. The number of rotatable bonds is 1. The number of aromatic nitrogens is 1. The summed E-state index contributed by atoms with van der Waals surface area (Å²) >= 11 is 0. The third-order valence-electron chi connectivity index (χ3n) is 4.86. The summed E-state index contributed by atoms with van der Waals surface area (Å²) in [6.45, 7) is 3.71. The Morgan fingerprint density at radius 2 is 1.88 bits per heavy atom. The van der Waals surface area contributed by atoms with Crippen LogP contribution in [0.4, 0.5) is 13.2 Å². The number of alkyl halides is 2. The van der Waals surface area contributed by atoms with Gasteiger partial charge >= 0.3 is 0 Å². The highest BCUT2D eigenvalue weighted by Gasteiger charge is 2.39. The van der Waals surface area contributed by atoms with E-state index in [1.165, 1.54) is 6.07 Å². The van der Waals surface area contributed by atoms with Crippen molar-refractivity contribution in [2.75, 3.05) is 6.54 Å². The number of H-pyrrole nitrogens is 1. The molecule has 0 fully saturated rings. The Kier molecular flexibility index (Phi) is 3.25. The van der Waals surface area contributed by atoms with Gasteiger partial charge in [0, 0.05) is 34.3 Å². The number of aryl methyl sites for hydroxylation is 2. The van der Waals surface area contributed by atoms with Gasteiger partial charge in [-0.15, -0.1) is 0 Å². The van der Waals surface area contributed by atoms with Crippen molar-refractivity contribution in [3.8, 4) is 11.1 Å². The number of nitrogens with one attached hydrogen (secondary N) is 2. The Morgan fingerprint density at radius 3 is 2.67 bits per heavy atom. The second kappa shape index (κ2) is 5.11. The summed E-state index contributed by atoms with van der Waals surface area (Å²) < 4.78 is 43.9. The molecule has 3 aromatic rings. The van der Waals surface area contributed by atoms with Gasteiger partial charge in [0.25, 0.3) is 5.92 Å². The molecule has 4 rings (SSSR count). The van der Waals surface area contributed by atoms with Crippen molar-refractivity contribution in [2.45, 2.75) is 26.3 Å². The summed E-state index contributed by atoms with van der Waals surface area (Å²) in [6, 6.07) is 7.98. The van der Waals surface area contributed by atoms with E-state index in [-0.39, 0.29) is 16.7 Å². The molecular weight excluding hydrogens is 313 g/mol. The first kappa shape index (κ1) is 15.3. The monoisotopic (exact) mass is 330 g/mol. The zero-order valence-corrected chi connectivity index (χ0v) is 13.4. The van der Waals surface area contributed by atoms with Gasteiger partial charge in [0.15, 0.2) is 0 Å². The minimum atomic E-state index is -3.03. The molecule has 24 heavy (non-hydrogen) atoms. The minimum Gasteiger partial charge on any atom is -0.358 e. The molecule has 0 saturated heterocycles. The van der Waals surface area contributed by atoms with Crippen LogP contribution in [-0.4, -0.2) is 11.5 Å². The number of fused-ring (bicyclic) bond motifs is 2. The molecule has 0 saturated carbocycles. The van der Waals surface area contributed by atoms with Crippen LogP contribution in [0, 0.1) is 19.7 Å². The second-order valence-electron chi connectivity index (χ2n) is 6.37. The maximum atomic E-state index is 14.7. The highest BCUT2D eigenvalue weighted by molar-refractivity contribution is 5.99. The summed E-state index contributed by atoms with van der Waals surface area (Å²) in [7, 11) is 0. The Balaban J connectivity index is 2.12. The lowest BCUT2D eigenvalue weighted by molar-refractivity contribution is -0.0101. The third kappa shape index (κ3) is 2.08. The van der Waals surface area contributed by atoms with Gasteiger partial charge in [-0.2, -0.15) is 8.78 Å². The fourth-order valence-electron chi connectivity index (χ4n) is 3.65. The van der Waals surface area contributed by atoms with E-state index in [9.17, 15) is 13.2 Å². The molecule has 2 nitrogen and oxygen atoms in total. The average molecular weight is 330 g/mol. The predicted molar refractivity (Wildman–Crippen MR) is 88.8 cm³/mol. The van der Waals surface area contributed by atoms with Crippen molar-refractivity contribution in [1.29, 1.82) is 0 Å². The zero-order chi connectivity index (χ0) is 17.1. The van der Waals surface area contributed by atoms with E-state index in [0.29, 0.717) is 17.5 Å². The first-order valence-corrected chi connectivity index (χ1v) is 7.89. The standard InChI is InChI=1S/C19H17F3N2/c1-10-11(2)24-15-7-6-14(20)17(16(10)15)13-5-3-4-12-8-23-9-19(21,22)18(12)13/h3-7,23-24H,8-9H2,1-2H3. The molecule has 1 aromatic heterocycles. The van der Waals surface area contributed by atoms with E-state index >= 15 is 0 Å². The fourth-order valence-corrected chi connectivity index (χ4v) is 3.65. The molecule has 0 amide bonds. The van der Waals surface area contributed by atoms with Gasteiger partial charge in [-0.3, -0.25) is 0 Å². The predicted octanol–water partition coefficient (Wildman–Crippen LogP) is 4.79. The molecule has 0 unspecified atom stereocenters. The Bertz CT molecular complexity index is 957. The molecule has 2 heterocycles. The van der Waals surface area contributed by atoms with E-state index in [4.69, 9.17) is 0 Å². The van der Waals surface area contributed by atoms with Crippen molar-refractivity contribution in [3.05, 3.63) is 58.5 Å². The Hall–Kier alpha value is -2.27. The van der Waals surface area contributed by atoms with Crippen LogP contribution >= 0.6 is 0 Å². The van der Waals surface area contributed by atoms with E-state index in [2.05, 4.69) is 10.3 Å². The molecule has 5 heteroatoms. The van der Waals surface area contributed by atoms with Crippen LogP contribution in [-0.2, 0) is 12.5 Å². The van der Waals surface area contributed by atoms with Crippen LogP contribution in [0.5, 0.6) is 0 Å². The van der Waals surface area contributed by atoms with Gasteiger partial charge in [-0.1, -0.05) is 18.2 Å². The van der Waals surface area contributed by atoms with Crippen molar-refractivity contribution >= 4 is 10.9 Å². The molecule has 1 aliphatic rings. The molecule has 0 bridgehead atoms. The third-order valence-corrected chi connectivity index (χ3v) is 4.86. The van der Waals surface area contributed by atoms with Gasteiger partial charge < -0.3 is 10.3 Å². The normalized spacial score (nSPS) is 16.4. The summed E-state index contributed by atoms with van der Waals surface area (Å²) in [5.74, 6) is -3.51. The molecule has 0 atom stereocenters. The van der Waals surface area contributed by atoms with Crippen LogP contribution in [0.3, 0.4) is 0 Å². The molecule has 0 radical (unpaired) electrons. The fraction of sp³-hybridized carbons (Fsp3) is 0.263. The molecule has 2 aromatic carbocycles. The lowest BCUT2D eigenvalue weighted by Gasteiger charge is -2.29. The van der Waals surface area contributed by atoms with Gasteiger partial charge in [0.05, 0.1) is 6.54 Å². The highest BCUT2D eigenvalue weighted by atomic mass is 19.3. The quantitative estimate of drug-likeness (QED) is 0.660. The summed E-state index contributed by atoms with van der Waals surface area (Å²) in [4.78, 5) is 3.20. The maximum Gasteiger partial charge on any atom is 0.286 e. The smallest absolute Gasteiger partial charge is 0.286 e. The van der Waals surface area contributed by atoms with E-state index in [1.807, 2.05) is 13.8 Å². The molecule has 2 N–H and O–H groups in total. The Labute approximate surface area is 137 Å². The molecule has 0 aliphatic carbocycles. The largest absolute Gasteiger partial charge is 0.358 e. The second-order valence-corrected chi connectivity index (χ2v) is 6.37. The van der Waals surface area contributed by atoms with Crippen molar-refractivity contribution in [3.63, 3.8) is 0 Å². The van der Waals surface area contributed by atoms with Gasteiger partial charge in [0.1, 0.15) is 5.82 Å². The Morgan fingerprint density at radius 1 is 1.08 bits per heavy atom. The number of benzene rings is 2. The highest BCUT2D eigenvalue weighted by Crippen LogP contribution is 2.43.